The van der Waals surface area contributed by atoms with Crippen LogP contribution in [0.1, 0.15) is 181 Å². The molecule has 0 N–H and O–H groups in total. The molecular weight excluding hydrogens is 440 g/mol. The first-order valence-electron chi connectivity index (χ1n) is 16.1. The predicted molar refractivity (Wildman–Crippen MR) is 160 cm³/mol. The van der Waals surface area contributed by atoms with E-state index in [1.165, 1.54) is 141 Å². The molecule has 0 rings (SSSR count). The molecule has 0 radical (unpaired) electrons. The fourth-order valence-electron chi connectivity index (χ4n) is 4.84. The van der Waals surface area contributed by atoms with Gasteiger partial charge in [0.15, 0.2) is 12.1 Å². The molecule has 0 aliphatic heterocycles. The number of allylic oxidation sites excluding steroid dienone is 4. The highest BCUT2D eigenvalue weighted by Gasteiger charge is 2.04. The van der Waals surface area contributed by atoms with Crippen molar-refractivity contribution in [3.05, 3.63) is 23.8 Å². The predicted octanol–water partition coefficient (Wildman–Crippen LogP) is 11.4. The van der Waals surface area contributed by atoms with E-state index in [1.54, 1.807) is 6.08 Å². The first-order chi connectivity index (χ1) is 17.8. The van der Waals surface area contributed by atoms with Gasteiger partial charge in [-0.2, -0.15) is 0 Å². The van der Waals surface area contributed by atoms with Crippen LogP contribution in [0.5, 0.6) is 0 Å². The average Bonchev–Trinajstić information content (AvgIpc) is 2.89. The molecule has 36 heavy (non-hydrogen) atoms. The molecule has 0 aromatic heterocycles. The Hall–Kier alpha value is -1.18. The summed E-state index contributed by atoms with van der Waals surface area (Å²) in [5.74, 6) is -0.122. The van der Waals surface area contributed by atoms with E-state index in [0.29, 0.717) is 5.57 Å². The van der Waals surface area contributed by atoms with Crippen molar-refractivity contribution in [2.24, 2.45) is 0 Å². The number of hydrogen-bond acceptors (Lipinski definition) is 2. The Kier molecular flexibility index (Phi) is 29.1. The van der Waals surface area contributed by atoms with Crippen LogP contribution in [0.4, 0.5) is 0 Å². The van der Waals surface area contributed by atoms with Gasteiger partial charge in [-0.15, -0.1) is 0 Å². The second-order valence-corrected chi connectivity index (χ2v) is 10.9. The molecule has 0 aromatic rings. The zero-order valence-corrected chi connectivity index (χ0v) is 24.5. The van der Waals surface area contributed by atoms with Gasteiger partial charge in [0.2, 0.25) is 0 Å². The summed E-state index contributed by atoms with van der Waals surface area (Å²) < 4.78 is 0. The fraction of sp³-hybridized carbons (Fsp3) is 0.824. The standard InChI is InChI=1S/C34H62O2/c1-3-5-7-9-11-13-15-17-19-20-22-24-26-28-30-33(32-35)34(36)31-29-27-25-23-21-18-16-14-12-10-8-6-4-2/h29-32H,3-28H2,1-2H3. The Morgan fingerprint density at radius 1 is 0.472 bits per heavy atom. The highest BCUT2D eigenvalue weighted by molar-refractivity contribution is 6.17. The van der Waals surface area contributed by atoms with Crippen LogP contribution >= 0.6 is 0 Å². The van der Waals surface area contributed by atoms with Crippen LogP contribution in [-0.4, -0.2) is 12.1 Å². The normalized spacial score (nSPS) is 12.0. The third-order valence-electron chi connectivity index (χ3n) is 7.33. The Morgan fingerprint density at radius 3 is 1.17 bits per heavy atom. The number of rotatable bonds is 29. The third-order valence-corrected chi connectivity index (χ3v) is 7.33. The third kappa shape index (κ3) is 25.9. The molecule has 0 amide bonds. The van der Waals surface area contributed by atoms with Crippen LogP contribution in [0.15, 0.2) is 23.8 Å². The lowest BCUT2D eigenvalue weighted by Gasteiger charge is -2.02. The van der Waals surface area contributed by atoms with Crippen LogP contribution in [-0.2, 0) is 9.59 Å². The summed E-state index contributed by atoms with van der Waals surface area (Å²) in [5, 5.41) is 0. The molecule has 0 aromatic carbocycles. The summed E-state index contributed by atoms with van der Waals surface area (Å²) in [6, 6.07) is 0. The molecule has 0 saturated carbocycles. The second kappa shape index (κ2) is 30.0. The number of carbonyl (C=O) groups excluding carboxylic acids is 2. The molecule has 2 heteroatoms. The van der Waals surface area contributed by atoms with E-state index in [2.05, 4.69) is 13.8 Å². The lowest BCUT2D eigenvalue weighted by atomic mass is 10.0. The zero-order valence-electron chi connectivity index (χ0n) is 24.5. The smallest absolute Gasteiger partial charge is 0.188 e. The van der Waals surface area contributed by atoms with Crippen molar-refractivity contribution in [3.8, 4) is 0 Å². The van der Waals surface area contributed by atoms with Crippen molar-refractivity contribution in [3.63, 3.8) is 0 Å². The monoisotopic (exact) mass is 502 g/mol. The van der Waals surface area contributed by atoms with Crippen molar-refractivity contribution in [2.45, 2.75) is 181 Å². The SMILES string of the molecule is CCCCCCCCCCCCCC=CC(=O)C(C=O)=CCCCCCCCCCCCCCCC. The van der Waals surface area contributed by atoms with E-state index in [0.717, 1.165) is 32.0 Å². The highest BCUT2D eigenvalue weighted by atomic mass is 16.1. The maximum atomic E-state index is 12.3. The molecule has 0 aliphatic rings. The molecule has 0 heterocycles. The Morgan fingerprint density at radius 2 is 0.806 bits per heavy atom. The van der Waals surface area contributed by atoms with E-state index in [9.17, 15) is 9.59 Å². The summed E-state index contributed by atoms with van der Waals surface area (Å²) in [7, 11) is 0. The van der Waals surface area contributed by atoms with Gasteiger partial charge in [0.05, 0.1) is 5.57 Å². The number of carbonyl (C=O) groups is 2. The first kappa shape index (κ1) is 34.8. The van der Waals surface area contributed by atoms with Gasteiger partial charge in [-0.05, 0) is 31.8 Å². The molecule has 210 valence electrons. The summed E-state index contributed by atoms with van der Waals surface area (Å²) in [6.45, 7) is 4.54. The van der Waals surface area contributed by atoms with Crippen molar-refractivity contribution >= 4 is 12.1 Å². The average molecular weight is 503 g/mol. The Balaban J connectivity index is 3.60. The van der Waals surface area contributed by atoms with E-state index in [1.807, 2.05) is 12.2 Å². The summed E-state index contributed by atoms with van der Waals surface area (Å²) in [5.41, 5.74) is 0.337. The highest BCUT2D eigenvalue weighted by Crippen LogP contribution is 2.14. The van der Waals surface area contributed by atoms with Crippen LogP contribution in [0.25, 0.3) is 0 Å². The first-order valence-corrected chi connectivity index (χ1v) is 16.1. The molecule has 0 aliphatic carbocycles. The van der Waals surface area contributed by atoms with Gasteiger partial charge < -0.3 is 0 Å². The molecule has 0 unspecified atom stereocenters. The number of ketones is 1. The van der Waals surface area contributed by atoms with Gasteiger partial charge >= 0.3 is 0 Å². The quantitative estimate of drug-likeness (QED) is 0.0335. The summed E-state index contributed by atoms with van der Waals surface area (Å²) in [6.07, 6.45) is 40.0. The van der Waals surface area contributed by atoms with E-state index in [4.69, 9.17) is 0 Å². The second-order valence-electron chi connectivity index (χ2n) is 10.9. The van der Waals surface area contributed by atoms with Gasteiger partial charge in [0, 0.05) is 0 Å². The molecule has 0 bridgehead atoms. The fourth-order valence-corrected chi connectivity index (χ4v) is 4.84. The van der Waals surface area contributed by atoms with Gasteiger partial charge in [-0.3, -0.25) is 9.59 Å². The van der Waals surface area contributed by atoms with Crippen molar-refractivity contribution < 1.29 is 9.59 Å². The van der Waals surface area contributed by atoms with E-state index < -0.39 is 0 Å². The molecule has 0 atom stereocenters. The lowest BCUT2D eigenvalue weighted by Crippen LogP contribution is -2.00. The maximum Gasteiger partial charge on any atom is 0.188 e. The van der Waals surface area contributed by atoms with Crippen molar-refractivity contribution in [1.82, 2.24) is 0 Å². The molecule has 2 nitrogen and oxygen atoms in total. The van der Waals surface area contributed by atoms with Crippen LogP contribution in [0, 0.1) is 0 Å². The largest absolute Gasteiger partial charge is 0.298 e. The molecule has 0 saturated heterocycles. The number of unbranched alkanes of at least 4 members (excludes halogenated alkanes) is 24. The summed E-state index contributed by atoms with van der Waals surface area (Å²) in [4.78, 5) is 23.6. The zero-order chi connectivity index (χ0) is 26.4. The van der Waals surface area contributed by atoms with E-state index >= 15 is 0 Å². The Bertz CT molecular complexity index is 531. The van der Waals surface area contributed by atoms with Crippen molar-refractivity contribution in [2.75, 3.05) is 0 Å². The minimum absolute atomic E-state index is 0.122. The van der Waals surface area contributed by atoms with Crippen LogP contribution in [0.3, 0.4) is 0 Å². The summed E-state index contributed by atoms with van der Waals surface area (Å²) >= 11 is 0. The minimum Gasteiger partial charge on any atom is -0.298 e. The lowest BCUT2D eigenvalue weighted by molar-refractivity contribution is -0.114. The van der Waals surface area contributed by atoms with Gasteiger partial charge in [0.25, 0.3) is 0 Å². The number of aldehydes is 1. The van der Waals surface area contributed by atoms with Crippen molar-refractivity contribution in [1.29, 1.82) is 0 Å². The van der Waals surface area contributed by atoms with Crippen LogP contribution < -0.4 is 0 Å². The molecule has 0 fully saturated rings. The molecule has 0 spiro atoms. The topological polar surface area (TPSA) is 34.1 Å². The van der Waals surface area contributed by atoms with E-state index in [-0.39, 0.29) is 5.78 Å². The minimum atomic E-state index is -0.122. The molecular formula is C34H62O2. The maximum absolute atomic E-state index is 12.3. The van der Waals surface area contributed by atoms with Gasteiger partial charge in [-0.25, -0.2) is 0 Å². The van der Waals surface area contributed by atoms with Gasteiger partial charge in [-0.1, -0.05) is 167 Å². The Labute approximate surface area is 226 Å². The van der Waals surface area contributed by atoms with Gasteiger partial charge in [0.1, 0.15) is 0 Å². The van der Waals surface area contributed by atoms with Crippen LogP contribution in [0.2, 0.25) is 0 Å². The number of hydrogen-bond donors (Lipinski definition) is 0.